The lowest BCUT2D eigenvalue weighted by molar-refractivity contribution is -0.665. The molecule has 0 bridgehead atoms. The number of thioether (sulfide) groups is 1. The molecule has 0 spiro atoms. The fourth-order valence-corrected chi connectivity index (χ4v) is 6.87. The molecule has 5 rings (SSSR count). The number of nitrogens with zero attached hydrogens (tertiary/aromatic N) is 2. The van der Waals surface area contributed by atoms with Gasteiger partial charge in [-0.15, -0.1) is 0 Å². The zero-order valence-corrected chi connectivity index (χ0v) is 20.6. The molecule has 0 radical (unpaired) electrons. The minimum Gasteiger partial charge on any atom is -0.335 e. The monoisotopic (exact) mass is 457 g/mol. The standard InChI is InChI=1S/C28H29N2S2/c1-4-29-23-10-6-8-12-25(23)31-27(29)18-16-21-14-15-22(20(21)3)17-19-28-30(5-2)24-11-7-9-13-26(24)32-28/h6-13,16-19H,4-5,14-15H2,1-3H3/q+1. The molecule has 1 aliphatic carbocycles. The van der Waals surface area contributed by atoms with Crippen LogP contribution in [0.5, 0.6) is 0 Å². The quantitative estimate of drug-likeness (QED) is 0.362. The van der Waals surface area contributed by atoms with Gasteiger partial charge in [-0.3, -0.25) is 0 Å². The van der Waals surface area contributed by atoms with E-state index in [1.165, 1.54) is 47.6 Å². The first-order valence-corrected chi connectivity index (χ1v) is 13.1. The van der Waals surface area contributed by atoms with Gasteiger partial charge in [0.25, 0.3) is 5.01 Å². The topological polar surface area (TPSA) is 7.12 Å². The lowest BCUT2D eigenvalue weighted by Crippen LogP contribution is -2.33. The minimum absolute atomic E-state index is 0.994. The Kier molecular flexibility index (Phi) is 6.07. The van der Waals surface area contributed by atoms with E-state index in [2.05, 4.69) is 103 Å². The van der Waals surface area contributed by atoms with Gasteiger partial charge < -0.3 is 4.90 Å². The molecule has 32 heavy (non-hydrogen) atoms. The average Bonchev–Trinajstić information content (AvgIpc) is 3.48. The Bertz CT molecular complexity index is 1290. The number of fused-ring (bicyclic) bond motifs is 2. The SMILES string of the molecule is CCN1C(=CC=C2CCC(C=Cc3sc4ccccc4[n+]3CC)=C2C)Sc2ccccc21. The van der Waals surface area contributed by atoms with Crippen molar-refractivity contribution in [1.29, 1.82) is 0 Å². The number of hydrogen-bond acceptors (Lipinski definition) is 3. The van der Waals surface area contributed by atoms with Gasteiger partial charge in [-0.1, -0.05) is 59.5 Å². The van der Waals surface area contributed by atoms with E-state index in [0.29, 0.717) is 0 Å². The molecule has 2 aliphatic rings. The van der Waals surface area contributed by atoms with Crippen LogP contribution in [0.1, 0.15) is 38.6 Å². The van der Waals surface area contributed by atoms with E-state index in [4.69, 9.17) is 0 Å². The fourth-order valence-electron chi connectivity index (χ4n) is 4.62. The Labute approximate surface area is 199 Å². The number of thiazole rings is 1. The van der Waals surface area contributed by atoms with Gasteiger partial charge >= 0.3 is 0 Å². The second-order valence-electron chi connectivity index (χ2n) is 8.15. The van der Waals surface area contributed by atoms with Crippen LogP contribution in [0.2, 0.25) is 0 Å². The van der Waals surface area contributed by atoms with Crippen molar-refractivity contribution in [1.82, 2.24) is 0 Å². The van der Waals surface area contributed by atoms with Crippen molar-refractivity contribution in [2.45, 2.75) is 45.1 Å². The number of anilines is 1. The predicted molar refractivity (Wildman–Crippen MR) is 140 cm³/mol. The zero-order valence-electron chi connectivity index (χ0n) is 19.0. The Morgan fingerprint density at radius 3 is 2.62 bits per heavy atom. The molecular weight excluding hydrogens is 428 g/mol. The Morgan fingerprint density at radius 1 is 0.969 bits per heavy atom. The molecule has 4 heteroatoms. The molecule has 2 aromatic carbocycles. The number of aryl methyl sites for hydroxylation is 1. The first-order valence-electron chi connectivity index (χ1n) is 11.4. The third kappa shape index (κ3) is 3.87. The Hall–Kier alpha value is -2.56. The molecule has 1 aromatic heterocycles. The van der Waals surface area contributed by atoms with Crippen molar-refractivity contribution in [2.75, 3.05) is 11.4 Å². The molecule has 2 heterocycles. The summed E-state index contributed by atoms with van der Waals surface area (Å²) in [5.74, 6) is 0. The molecule has 2 nitrogen and oxygen atoms in total. The summed E-state index contributed by atoms with van der Waals surface area (Å²) in [6.07, 6.45) is 11.6. The van der Waals surface area contributed by atoms with Gasteiger partial charge in [0.1, 0.15) is 11.2 Å². The van der Waals surface area contributed by atoms with Gasteiger partial charge in [0, 0.05) is 23.6 Å². The van der Waals surface area contributed by atoms with Gasteiger partial charge in [0.15, 0.2) is 0 Å². The minimum atomic E-state index is 0.994. The van der Waals surface area contributed by atoms with Gasteiger partial charge in [-0.25, -0.2) is 0 Å². The zero-order chi connectivity index (χ0) is 22.1. The molecular formula is C28H29N2S2+. The van der Waals surface area contributed by atoms with Gasteiger partial charge in [-0.2, -0.15) is 4.57 Å². The van der Waals surface area contributed by atoms with Crippen molar-refractivity contribution in [2.24, 2.45) is 0 Å². The molecule has 0 fully saturated rings. The van der Waals surface area contributed by atoms with Crippen molar-refractivity contribution in [3.05, 3.63) is 93.5 Å². The van der Waals surface area contributed by atoms with Gasteiger partial charge in [0.05, 0.1) is 10.7 Å². The highest BCUT2D eigenvalue weighted by molar-refractivity contribution is 8.03. The van der Waals surface area contributed by atoms with Crippen LogP contribution in [0, 0.1) is 0 Å². The van der Waals surface area contributed by atoms with Crippen molar-refractivity contribution < 1.29 is 4.57 Å². The van der Waals surface area contributed by atoms with E-state index in [0.717, 1.165) is 25.9 Å². The second kappa shape index (κ2) is 9.13. The lowest BCUT2D eigenvalue weighted by Gasteiger charge is -2.17. The maximum absolute atomic E-state index is 2.41. The molecule has 1 aliphatic heterocycles. The molecule has 3 aromatic rings. The molecule has 0 atom stereocenters. The van der Waals surface area contributed by atoms with Crippen molar-refractivity contribution >= 4 is 45.1 Å². The summed E-state index contributed by atoms with van der Waals surface area (Å²) in [5.41, 5.74) is 7.03. The average molecular weight is 458 g/mol. The first kappa shape index (κ1) is 21.3. The Balaban J connectivity index is 1.39. The van der Waals surface area contributed by atoms with Crippen LogP contribution in [-0.2, 0) is 6.54 Å². The number of para-hydroxylation sites is 2. The summed E-state index contributed by atoms with van der Waals surface area (Å²) >= 11 is 3.76. The predicted octanol–water partition coefficient (Wildman–Crippen LogP) is 7.73. The van der Waals surface area contributed by atoms with E-state index < -0.39 is 0 Å². The fraction of sp³-hybridized carbons (Fsp3) is 0.250. The molecule has 0 unspecified atom stereocenters. The number of hydrogen-bond donors (Lipinski definition) is 0. The third-order valence-electron chi connectivity index (χ3n) is 6.39. The summed E-state index contributed by atoms with van der Waals surface area (Å²) in [6, 6.07) is 17.4. The smallest absolute Gasteiger partial charge is 0.262 e. The van der Waals surface area contributed by atoms with E-state index >= 15 is 0 Å². The highest BCUT2D eigenvalue weighted by Gasteiger charge is 2.23. The summed E-state index contributed by atoms with van der Waals surface area (Å²) in [6.45, 7) is 8.72. The van der Waals surface area contributed by atoms with Crippen LogP contribution in [0.25, 0.3) is 16.3 Å². The Morgan fingerprint density at radius 2 is 1.78 bits per heavy atom. The molecule has 0 N–H and O–H groups in total. The third-order valence-corrected chi connectivity index (χ3v) is 8.65. The van der Waals surface area contributed by atoms with Crippen LogP contribution in [-0.4, -0.2) is 6.54 Å². The normalized spacial score (nSPS) is 18.8. The molecule has 0 saturated heterocycles. The number of rotatable bonds is 5. The summed E-state index contributed by atoms with van der Waals surface area (Å²) in [5, 5.41) is 2.65. The van der Waals surface area contributed by atoms with Crippen LogP contribution in [0.4, 0.5) is 5.69 Å². The first-order chi connectivity index (χ1) is 15.7. The summed E-state index contributed by atoms with van der Waals surface area (Å²) < 4.78 is 3.77. The van der Waals surface area contributed by atoms with Crippen LogP contribution in [0.3, 0.4) is 0 Å². The highest BCUT2D eigenvalue weighted by Crippen LogP contribution is 2.45. The van der Waals surface area contributed by atoms with E-state index in [1.54, 1.807) is 0 Å². The van der Waals surface area contributed by atoms with E-state index in [-0.39, 0.29) is 0 Å². The van der Waals surface area contributed by atoms with E-state index in [1.807, 2.05) is 23.1 Å². The number of aromatic nitrogens is 1. The summed E-state index contributed by atoms with van der Waals surface area (Å²) in [4.78, 5) is 3.77. The van der Waals surface area contributed by atoms with Crippen molar-refractivity contribution in [3.8, 4) is 0 Å². The molecule has 0 saturated carbocycles. The second-order valence-corrected chi connectivity index (χ2v) is 10.3. The molecule has 162 valence electrons. The number of allylic oxidation sites excluding steroid dienone is 6. The van der Waals surface area contributed by atoms with Gasteiger partial charge in [0.2, 0.25) is 5.52 Å². The van der Waals surface area contributed by atoms with Crippen molar-refractivity contribution in [3.63, 3.8) is 0 Å². The van der Waals surface area contributed by atoms with Gasteiger partial charge in [-0.05, 0) is 74.6 Å². The maximum Gasteiger partial charge on any atom is 0.262 e. The maximum atomic E-state index is 2.41. The largest absolute Gasteiger partial charge is 0.335 e. The number of benzene rings is 2. The van der Waals surface area contributed by atoms with Crippen LogP contribution < -0.4 is 9.47 Å². The van der Waals surface area contributed by atoms with Crippen LogP contribution >= 0.6 is 23.1 Å². The lowest BCUT2D eigenvalue weighted by atomic mass is 10.1. The highest BCUT2D eigenvalue weighted by atomic mass is 32.2. The van der Waals surface area contributed by atoms with Crippen LogP contribution in [0.15, 0.2) is 93.4 Å². The van der Waals surface area contributed by atoms with E-state index in [9.17, 15) is 0 Å². The molecule has 0 amide bonds. The summed E-state index contributed by atoms with van der Waals surface area (Å²) in [7, 11) is 0.